The molecule has 1 fully saturated rings. The molecule has 1 saturated heterocycles. The number of nitrogens with zero attached hydrogens (tertiary/aromatic N) is 3. The van der Waals surface area contributed by atoms with Crippen molar-refractivity contribution in [2.45, 2.75) is 33.2 Å². The maximum atomic E-state index is 11.8. The Morgan fingerprint density at radius 3 is 2.83 bits per heavy atom. The molecule has 0 bridgehead atoms. The van der Waals surface area contributed by atoms with E-state index in [4.69, 9.17) is 0 Å². The summed E-state index contributed by atoms with van der Waals surface area (Å²) in [6, 6.07) is 2.20. The fourth-order valence-corrected chi connectivity index (χ4v) is 1.99. The third kappa shape index (κ3) is 2.78. The minimum absolute atomic E-state index is 0.0902. The molecule has 1 aliphatic heterocycles. The Balaban J connectivity index is 1.90. The van der Waals surface area contributed by atoms with E-state index in [0.29, 0.717) is 0 Å². The first-order valence-corrected chi connectivity index (χ1v) is 6.46. The third-order valence-corrected chi connectivity index (χ3v) is 3.08. The van der Waals surface area contributed by atoms with Crippen molar-refractivity contribution in [1.29, 1.82) is 0 Å². The van der Waals surface area contributed by atoms with Crippen LogP contribution in [0.1, 0.15) is 26.5 Å². The summed E-state index contributed by atoms with van der Waals surface area (Å²) in [4.78, 5) is 22.3. The van der Waals surface area contributed by atoms with Crippen LogP contribution < -0.4 is 10.2 Å². The van der Waals surface area contributed by atoms with Crippen molar-refractivity contribution in [3.63, 3.8) is 0 Å². The van der Waals surface area contributed by atoms with Gasteiger partial charge >= 0.3 is 0 Å². The van der Waals surface area contributed by atoms with Crippen molar-refractivity contribution in [1.82, 2.24) is 15.3 Å². The van der Waals surface area contributed by atoms with Crippen LogP contribution in [-0.4, -0.2) is 35.0 Å². The molecule has 0 atom stereocenters. The monoisotopic (exact) mass is 248 g/mol. The van der Waals surface area contributed by atoms with E-state index in [1.54, 1.807) is 6.33 Å². The molecule has 5 nitrogen and oxygen atoms in total. The molecule has 2 rings (SSSR count). The molecule has 1 amide bonds. The van der Waals surface area contributed by atoms with Gasteiger partial charge in [0.2, 0.25) is 5.91 Å². The Labute approximate surface area is 108 Å². The second kappa shape index (κ2) is 5.33. The Hall–Kier alpha value is -1.65. The smallest absolute Gasteiger partial charge is 0.226 e. The summed E-state index contributed by atoms with van der Waals surface area (Å²) in [6.07, 6.45) is 2.50. The van der Waals surface area contributed by atoms with E-state index >= 15 is 0 Å². The molecule has 0 aliphatic carbocycles. The fourth-order valence-electron chi connectivity index (χ4n) is 1.99. The van der Waals surface area contributed by atoms with Gasteiger partial charge in [-0.05, 0) is 20.3 Å². The highest BCUT2D eigenvalue weighted by Crippen LogP contribution is 2.23. The molecule has 0 spiro atoms. The van der Waals surface area contributed by atoms with Crippen molar-refractivity contribution in [2.24, 2.45) is 5.92 Å². The molecule has 2 heterocycles. The molecule has 1 N–H and O–H groups in total. The van der Waals surface area contributed by atoms with Gasteiger partial charge in [-0.15, -0.1) is 0 Å². The van der Waals surface area contributed by atoms with Gasteiger partial charge in [-0.2, -0.15) is 0 Å². The first kappa shape index (κ1) is 12.8. The summed E-state index contributed by atoms with van der Waals surface area (Å²) in [5, 5.41) is 2.94. The maximum absolute atomic E-state index is 11.8. The van der Waals surface area contributed by atoms with Crippen molar-refractivity contribution in [3.05, 3.63) is 18.1 Å². The van der Waals surface area contributed by atoms with Crippen LogP contribution in [0.15, 0.2) is 12.4 Å². The average Bonchev–Trinajstić information content (AvgIpc) is 2.26. The minimum Gasteiger partial charge on any atom is -0.355 e. The van der Waals surface area contributed by atoms with Crippen LogP contribution in [0.3, 0.4) is 0 Å². The predicted octanol–water partition coefficient (Wildman–Crippen LogP) is 1.000. The number of hydrogen-bond acceptors (Lipinski definition) is 4. The van der Waals surface area contributed by atoms with Gasteiger partial charge < -0.3 is 10.2 Å². The first-order valence-electron chi connectivity index (χ1n) is 6.46. The van der Waals surface area contributed by atoms with E-state index in [1.165, 1.54) is 0 Å². The van der Waals surface area contributed by atoms with Crippen molar-refractivity contribution in [2.75, 3.05) is 18.0 Å². The topological polar surface area (TPSA) is 58.1 Å². The van der Waals surface area contributed by atoms with Crippen LogP contribution in [0.5, 0.6) is 0 Å². The summed E-state index contributed by atoms with van der Waals surface area (Å²) in [6.45, 7) is 7.52. The lowest BCUT2D eigenvalue weighted by Gasteiger charge is -2.39. The van der Waals surface area contributed by atoms with Crippen LogP contribution in [0.4, 0.5) is 5.82 Å². The van der Waals surface area contributed by atoms with Crippen molar-refractivity contribution >= 4 is 11.7 Å². The zero-order chi connectivity index (χ0) is 13.1. The number of hydrogen-bond donors (Lipinski definition) is 1. The van der Waals surface area contributed by atoms with Gasteiger partial charge in [0.1, 0.15) is 12.1 Å². The molecule has 0 unspecified atom stereocenters. The molecule has 0 aromatic carbocycles. The molecule has 1 aliphatic rings. The van der Waals surface area contributed by atoms with E-state index in [0.717, 1.165) is 31.0 Å². The van der Waals surface area contributed by atoms with E-state index in [9.17, 15) is 4.79 Å². The summed E-state index contributed by atoms with van der Waals surface area (Å²) >= 11 is 0. The highest BCUT2D eigenvalue weighted by Gasteiger charge is 2.33. The zero-order valence-electron chi connectivity index (χ0n) is 11.2. The number of amides is 1. The van der Waals surface area contributed by atoms with E-state index in [1.807, 2.05) is 19.9 Å². The van der Waals surface area contributed by atoms with E-state index in [2.05, 4.69) is 27.1 Å². The van der Waals surface area contributed by atoms with Crippen molar-refractivity contribution < 1.29 is 4.79 Å². The predicted molar refractivity (Wildman–Crippen MR) is 70.4 cm³/mol. The van der Waals surface area contributed by atoms with Crippen LogP contribution in [0.2, 0.25) is 0 Å². The van der Waals surface area contributed by atoms with Gasteiger partial charge in [0.15, 0.2) is 0 Å². The Bertz CT molecular complexity index is 427. The molecule has 0 radical (unpaired) electrons. The van der Waals surface area contributed by atoms with Gasteiger partial charge in [-0.3, -0.25) is 4.79 Å². The van der Waals surface area contributed by atoms with Gasteiger partial charge in [0.25, 0.3) is 0 Å². The Kier molecular flexibility index (Phi) is 3.79. The summed E-state index contributed by atoms with van der Waals surface area (Å²) < 4.78 is 0. The molecule has 0 saturated carbocycles. The molecule has 1 aromatic rings. The Morgan fingerprint density at radius 2 is 2.22 bits per heavy atom. The second-order valence-corrected chi connectivity index (χ2v) is 4.99. The molecular weight excluding hydrogens is 228 g/mol. The third-order valence-electron chi connectivity index (χ3n) is 3.08. The summed E-state index contributed by atoms with van der Waals surface area (Å²) in [5.41, 5.74) is 1.04. The van der Waals surface area contributed by atoms with Crippen molar-refractivity contribution in [3.8, 4) is 0 Å². The SMILES string of the molecule is CCc1cc(N2CC(C(=O)NC(C)C)C2)ncn1. The van der Waals surface area contributed by atoms with Gasteiger partial charge in [0.05, 0.1) is 5.92 Å². The van der Waals surface area contributed by atoms with Crippen LogP contribution in [0.25, 0.3) is 0 Å². The second-order valence-electron chi connectivity index (χ2n) is 4.99. The van der Waals surface area contributed by atoms with Crippen LogP contribution in [-0.2, 0) is 11.2 Å². The minimum atomic E-state index is 0.0902. The molecule has 1 aromatic heterocycles. The quantitative estimate of drug-likeness (QED) is 0.863. The van der Waals surface area contributed by atoms with E-state index < -0.39 is 0 Å². The largest absolute Gasteiger partial charge is 0.355 e. The number of nitrogens with one attached hydrogen (secondary N) is 1. The zero-order valence-corrected chi connectivity index (χ0v) is 11.2. The molecule has 98 valence electrons. The molecular formula is C13H20N4O. The summed E-state index contributed by atoms with van der Waals surface area (Å²) in [7, 11) is 0. The van der Waals surface area contributed by atoms with Crippen LogP contribution >= 0.6 is 0 Å². The summed E-state index contributed by atoms with van der Waals surface area (Å²) in [5.74, 6) is 1.16. The number of aromatic nitrogens is 2. The standard InChI is InChI=1S/C13H20N4O/c1-4-11-5-12(15-8-14-11)17-6-10(7-17)13(18)16-9(2)3/h5,8-10H,4,6-7H2,1-3H3,(H,16,18). The number of rotatable bonds is 4. The van der Waals surface area contributed by atoms with Crippen LogP contribution in [0, 0.1) is 5.92 Å². The van der Waals surface area contributed by atoms with E-state index in [-0.39, 0.29) is 17.9 Å². The average molecular weight is 248 g/mol. The molecule has 5 heteroatoms. The molecule has 18 heavy (non-hydrogen) atoms. The first-order chi connectivity index (χ1) is 8.60. The number of carbonyl (C=O) groups excluding carboxylic acids is 1. The fraction of sp³-hybridized carbons (Fsp3) is 0.615. The Morgan fingerprint density at radius 1 is 1.50 bits per heavy atom. The highest BCUT2D eigenvalue weighted by atomic mass is 16.2. The van der Waals surface area contributed by atoms with Gasteiger partial charge in [-0.25, -0.2) is 9.97 Å². The maximum Gasteiger partial charge on any atom is 0.226 e. The van der Waals surface area contributed by atoms with Gasteiger partial charge in [-0.1, -0.05) is 6.92 Å². The number of aryl methyl sites for hydroxylation is 1. The number of anilines is 1. The lowest BCUT2D eigenvalue weighted by molar-refractivity contribution is -0.126. The lowest BCUT2D eigenvalue weighted by atomic mass is 9.99. The van der Waals surface area contributed by atoms with Gasteiger partial charge in [0, 0.05) is 30.9 Å². The lowest BCUT2D eigenvalue weighted by Crippen LogP contribution is -2.55. The highest BCUT2D eigenvalue weighted by molar-refractivity contribution is 5.81. The normalized spacial score (nSPS) is 15.7. The number of carbonyl (C=O) groups is 1.